The van der Waals surface area contributed by atoms with E-state index in [1.807, 2.05) is 7.05 Å². The first-order valence-corrected chi connectivity index (χ1v) is 6.97. The third-order valence-electron chi connectivity index (χ3n) is 2.95. The summed E-state index contributed by atoms with van der Waals surface area (Å²) in [4.78, 5) is 0. The number of nitrogens with one attached hydrogen (secondary N) is 1. The highest BCUT2D eigenvalue weighted by Gasteiger charge is 2.09. The molecule has 1 rings (SSSR count). The summed E-state index contributed by atoms with van der Waals surface area (Å²) >= 11 is 3.48. The Balaban J connectivity index is 2.57. The summed E-state index contributed by atoms with van der Waals surface area (Å²) in [6.07, 6.45) is 5.26. The Bertz CT molecular complexity index is 281. The number of benzene rings is 1. The molecule has 0 radical (unpaired) electrons. The van der Waals surface area contributed by atoms with Gasteiger partial charge in [0.2, 0.25) is 0 Å². The molecule has 0 saturated heterocycles. The van der Waals surface area contributed by atoms with Crippen LogP contribution in [-0.4, -0.2) is 13.6 Å². The molecule has 90 valence electrons. The van der Waals surface area contributed by atoms with Crippen molar-refractivity contribution >= 4 is 15.9 Å². The smallest absolute Gasteiger partial charge is 0.0175 e. The second-order valence-electron chi connectivity index (χ2n) is 4.30. The molecule has 1 aromatic rings. The van der Waals surface area contributed by atoms with Gasteiger partial charge in [0.1, 0.15) is 0 Å². The predicted octanol–water partition coefficient (Wildman–Crippen LogP) is 4.33. The third-order valence-corrected chi connectivity index (χ3v) is 3.48. The molecule has 0 fully saturated rings. The molecule has 0 aromatic heterocycles. The quantitative estimate of drug-likeness (QED) is 0.735. The van der Waals surface area contributed by atoms with Crippen LogP contribution in [0.1, 0.15) is 44.1 Å². The lowest BCUT2D eigenvalue weighted by Gasteiger charge is -2.17. The Hall–Kier alpha value is -0.340. The minimum Gasteiger partial charge on any atom is -0.319 e. The molecule has 0 bridgehead atoms. The molecule has 16 heavy (non-hydrogen) atoms. The molecule has 1 atom stereocenters. The van der Waals surface area contributed by atoms with Crippen LogP contribution in [0.15, 0.2) is 28.7 Å². The summed E-state index contributed by atoms with van der Waals surface area (Å²) in [5.74, 6) is 0.657. The maximum Gasteiger partial charge on any atom is 0.0175 e. The van der Waals surface area contributed by atoms with E-state index in [4.69, 9.17) is 0 Å². The van der Waals surface area contributed by atoms with Crippen molar-refractivity contribution in [3.8, 4) is 0 Å². The minimum absolute atomic E-state index is 0.657. The Morgan fingerprint density at radius 1 is 1.19 bits per heavy atom. The zero-order chi connectivity index (χ0) is 11.8. The van der Waals surface area contributed by atoms with E-state index in [1.54, 1.807) is 0 Å². The Morgan fingerprint density at radius 3 is 2.44 bits per heavy atom. The summed E-state index contributed by atoms with van der Waals surface area (Å²) in [5.41, 5.74) is 1.45. The maximum atomic E-state index is 3.48. The van der Waals surface area contributed by atoms with Crippen molar-refractivity contribution in [3.63, 3.8) is 0 Å². The summed E-state index contributed by atoms with van der Waals surface area (Å²) in [6.45, 7) is 3.33. The van der Waals surface area contributed by atoms with Crippen molar-refractivity contribution in [3.05, 3.63) is 34.3 Å². The first-order valence-electron chi connectivity index (χ1n) is 6.18. The van der Waals surface area contributed by atoms with E-state index in [-0.39, 0.29) is 0 Å². The number of rotatable bonds is 7. The van der Waals surface area contributed by atoms with Crippen molar-refractivity contribution in [2.45, 2.75) is 38.5 Å². The second-order valence-corrected chi connectivity index (χ2v) is 5.22. The summed E-state index contributed by atoms with van der Waals surface area (Å²) in [7, 11) is 2.03. The fourth-order valence-corrected chi connectivity index (χ4v) is 2.27. The number of hydrogen-bond acceptors (Lipinski definition) is 1. The first kappa shape index (κ1) is 13.7. The highest BCUT2D eigenvalue weighted by Crippen LogP contribution is 2.23. The molecule has 0 aliphatic heterocycles. The van der Waals surface area contributed by atoms with Gasteiger partial charge in [-0.1, -0.05) is 54.2 Å². The number of likely N-dealkylation sites (N-methyl/N-ethyl adjacent to an activating group) is 1. The van der Waals surface area contributed by atoms with E-state index in [0.29, 0.717) is 5.92 Å². The fraction of sp³-hybridized carbons (Fsp3) is 0.571. The monoisotopic (exact) mass is 283 g/mol. The van der Waals surface area contributed by atoms with E-state index in [2.05, 4.69) is 52.4 Å². The molecule has 0 aliphatic rings. The molecular weight excluding hydrogens is 262 g/mol. The van der Waals surface area contributed by atoms with Crippen molar-refractivity contribution in [1.82, 2.24) is 5.32 Å². The Labute approximate surface area is 108 Å². The van der Waals surface area contributed by atoms with E-state index in [1.165, 1.54) is 31.2 Å². The number of halogens is 1. The fourth-order valence-electron chi connectivity index (χ4n) is 2.01. The van der Waals surface area contributed by atoms with Gasteiger partial charge in [-0.25, -0.2) is 0 Å². The molecule has 1 aromatic carbocycles. The minimum atomic E-state index is 0.657. The van der Waals surface area contributed by atoms with Gasteiger partial charge in [-0.05, 0) is 37.1 Å². The van der Waals surface area contributed by atoms with Gasteiger partial charge >= 0.3 is 0 Å². The van der Waals surface area contributed by atoms with Crippen molar-refractivity contribution in [2.24, 2.45) is 0 Å². The highest BCUT2D eigenvalue weighted by molar-refractivity contribution is 9.10. The molecule has 2 heteroatoms. The zero-order valence-corrected chi connectivity index (χ0v) is 11.9. The first-order chi connectivity index (χ1) is 7.77. The van der Waals surface area contributed by atoms with Gasteiger partial charge in [-0.2, -0.15) is 0 Å². The molecule has 0 spiro atoms. The van der Waals surface area contributed by atoms with Crippen LogP contribution < -0.4 is 5.32 Å². The van der Waals surface area contributed by atoms with Gasteiger partial charge in [-0.15, -0.1) is 0 Å². The largest absolute Gasteiger partial charge is 0.319 e. The molecule has 1 unspecified atom stereocenters. The number of hydrogen-bond donors (Lipinski definition) is 1. The molecule has 1 nitrogen and oxygen atoms in total. The average Bonchev–Trinajstić information content (AvgIpc) is 2.29. The zero-order valence-electron chi connectivity index (χ0n) is 10.3. The average molecular weight is 284 g/mol. The van der Waals surface area contributed by atoms with E-state index < -0.39 is 0 Å². The lowest BCUT2D eigenvalue weighted by atomic mass is 9.93. The third kappa shape index (κ3) is 4.67. The van der Waals surface area contributed by atoms with Gasteiger partial charge in [-0.3, -0.25) is 0 Å². The topological polar surface area (TPSA) is 12.0 Å². The molecule has 0 heterocycles. The molecule has 0 aliphatic carbocycles. The Morgan fingerprint density at radius 2 is 1.88 bits per heavy atom. The van der Waals surface area contributed by atoms with Gasteiger partial charge in [0, 0.05) is 11.0 Å². The standard InChI is InChI=1S/C14H22BrN/c1-3-4-5-6-13(11-16-2)12-7-9-14(15)10-8-12/h7-10,13,16H,3-6,11H2,1-2H3. The van der Waals surface area contributed by atoms with Crippen molar-refractivity contribution in [2.75, 3.05) is 13.6 Å². The normalized spacial score (nSPS) is 12.7. The SMILES string of the molecule is CCCCCC(CNC)c1ccc(Br)cc1. The van der Waals surface area contributed by atoms with Crippen LogP contribution in [0.2, 0.25) is 0 Å². The van der Waals surface area contributed by atoms with Crippen LogP contribution in [0.25, 0.3) is 0 Å². The van der Waals surface area contributed by atoms with Gasteiger partial charge in [0.15, 0.2) is 0 Å². The molecule has 0 saturated carbocycles. The number of unbranched alkanes of at least 4 members (excludes halogenated alkanes) is 2. The van der Waals surface area contributed by atoms with Crippen LogP contribution in [0.3, 0.4) is 0 Å². The van der Waals surface area contributed by atoms with Gasteiger partial charge in [0.05, 0.1) is 0 Å². The Kier molecular flexibility index (Phi) is 6.74. The molecule has 0 amide bonds. The van der Waals surface area contributed by atoms with Crippen molar-refractivity contribution < 1.29 is 0 Å². The van der Waals surface area contributed by atoms with Crippen LogP contribution in [0.4, 0.5) is 0 Å². The lowest BCUT2D eigenvalue weighted by molar-refractivity contribution is 0.542. The maximum absolute atomic E-state index is 3.48. The summed E-state index contributed by atoms with van der Waals surface area (Å²) in [6, 6.07) is 8.74. The van der Waals surface area contributed by atoms with Gasteiger partial charge in [0.25, 0.3) is 0 Å². The second kappa shape index (κ2) is 7.86. The van der Waals surface area contributed by atoms with Crippen LogP contribution >= 0.6 is 15.9 Å². The summed E-state index contributed by atoms with van der Waals surface area (Å²) < 4.78 is 1.16. The predicted molar refractivity (Wildman–Crippen MR) is 75.0 cm³/mol. The highest BCUT2D eigenvalue weighted by atomic mass is 79.9. The van der Waals surface area contributed by atoms with Gasteiger partial charge < -0.3 is 5.32 Å². The van der Waals surface area contributed by atoms with E-state index >= 15 is 0 Å². The molecular formula is C14H22BrN. The van der Waals surface area contributed by atoms with Crippen LogP contribution in [-0.2, 0) is 0 Å². The van der Waals surface area contributed by atoms with E-state index in [9.17, 15) is 0 Å². The van der Waals surface area contributed by atoms with Crippen molar-refractivity contribution in [1.29, 1.82) is 0 Å². The lowest BCUT2D eigenvalue weighted by Crippen LogP contribution is -2.17. The van der Waals surface area contributed by atoms with Crippen LogP contribution in [0.5, 0.6) is 0 Å². The van der Waals surface area contributed by atoms with E-state index in [0.717, 1.165) is 11.0 Å². The molecule has 1 N–H and O–H groups in total. The van der Waals surface area contributed by atoms with Crippen LogP contribution in [0, 0.1) is 0 Å². The summed E-state index contributed by atoms with van der Waals surface area (Å²) in [5, 5.41) is 3.30.